The van der Waals surface area contributed by atoms with Crippen LogP contribution in [-0.4, -0.2) is 31.3 Å². The first-order chi connectivity index (χ1) is 29.0. The molecule has 3 fully saturated rings. The van der Waals surface area contributed by atoms with Crippen LogP contribution in [0.15, 0.2) is 60.2 Å². The Kier molecular flexibility index (Phi) is 17.3. The van der Waals surface area contributed by atoms with Crippen molar-refractivity contribution in [1.82, 2.24) is 0 Å². The normalized spacial score (nSPS) is 27.6. The summed E-state index contributed by atoms with van der Waals surface area (Å²) in [5.41, 5.74) is 5.20. The van der Waals surface area contributed by atoms with Gasteiger partial charge in [-0.1, -0.05) is 142 Å². The predicted molar refractivity (Wildman–Crippen MR) is 247 cm³/mol. The van der Waals surface area contributed by atoms with E-state index in [2.05, 4.69) is 59.8 Å². The number of hydrogen-bond acceptors (Lipinski definition) is 5. The predicted octanol–water partition coefficient (Wildman–Crippen LogP) is 15.2. The number of hydrogen-bond donors (Lipinski definition) is 0. The van der Waals surface area contributed by atoms with E-state index >= 15 is 0 Å². The van der Waals surface area contributed by atoms with Gasteiger partial charge in [0, 0.05) is 12.8 Å². The van der Waals surface area contributed by atoms with E-state index in [-0.39, 0.29) is 18.0 Å². The van der Waals surface area contributed by atoms with E-state index in [0.29, 0.717) is 29.4 Å². The van der Waals surface area contributed by atoms with Crippen molar-refractivity contribution in [2.45, 2.75) is 189 Å². The van der Waals surface area contributed by atoms with E-state index in [1.165, 1.54) is 89.9 Å². The topological polar surface area (TPSA) is 61.8 Å². The molecule has 4 aliphatic carbocycles. The maximum atomic E-state index is 12.9. The van der Waals surface area contributed by atoms with Gasteiger partial charge in [-0.15, -0.1) is 0 Å². The minimum absolute atomic E-state index is 0.0239. The lowest BCUT2D eigenvalue weighted by Crippen LogP contribution is -2.51. The number of esters is 2. The molecule has 5 heteroatoms. The zero-order valence-corrected chi connectivity index (χ0v) is 38.7. The number of carbonyl (C=O) groups excluding carboxylic acids is 2. The Balaban J connectivity index is 0.802. The number of unbranched alkanes of at least 4 members (excludes halogenated alkanes) is 8. The highest BCUT2D eigenvalue weighted by atomic mass is 16.5. The fourth-order valence-electron chi connectivity index (χ4n) is 12.6. The van der Waals surface area contributed by atoms with Gasteiger partial charge in [-0.05, 0) is 146 Å². The molecule has 0 bridgehead atoms. The molecule has 0 aromatic heterocycles. The molecular formula is C55H82O5. The van der Waals surface area contributed by atoms with Gasteiger partial charge < -0.3 is 14.2 Å². The molecule has 1 unspecified atom stereocenters. The van der Waals surface area contributed by atoms with Crippen LogP contribution in [0.4, 0.5) is 0 Å². The Labute approximate surface area is 365 Å². The summed E-state index contributed by atoms with van der Waals surface area (Å²) in [5, 5.41) is 0. The number of carbonyl (C=O) groups is 2. The van der Waals surface area contributed by atoms with E-state index < -0.39 is 0 Å². The van der Waals surface area contributed by atoms with Gasteiger partial charge in [0.25, 0.3) is 0 Å². The molecule has 0 amide bonds. The second-order valence-electron chi connectivity index (χ2n) is 20.7. The average Bonchev–Trinajstić information content (AvgIpc) is 3.60. The standard InChI is InChI=1S/C55H82O5/c1-7-8-37-59-53(57)44-23-21-42(22-24-44)43-25-28-46(29-26-43)58-38-16-14-12-10-9-11-13-15-20-52(56)60-47-33-35-54(5)45(39-47)27-30-48-50-32-31-49(41(4)19-17-18-40(2)3)55(50,6)36-34-51(48)54/h21-29,40-41,47-51H,7-20,30-39H2,1-6H3/t41-,47?,48+,49-,50+,51+,54+,55-/m1/s1. The van der Waals surface area contributed by atoms with Gasteiger partial charge in [-0.2, -0.15) is 0 Å². The summed E-state index contributed by atoms with van der Waals surface area (Å²) in [5.74, 6) is 5.80. The average molecular weight is 823 g/mol. The van der Waals surface area contributed by atoms with Crippen LogP contribution in [0.25, 0.3) is 11.1 Å². The van der Waals surface area contributed by atoms with Gasteiger partial charge in [-0.3, -0.25) is 4.79 Å². The first-order valence-electron chi connectivity index (χ1n) is 24.9. The molecule has 8 atom stereocenters. The summed E-state index contributed by atoms with van der Waals surface area (Å²) in [6, 6.07) is 15.8. The first-order valence-corrected chi connectivity index (χ1v) is 24.9. The summed E-state index contributed by atoms with van der Waals surface area (Å²) >= 11 is 0. The number of fused-ring (bicyclic) bond motifs is 5. The molecule has 2 aromatic carbocycles. The quantitative estimate of drug-likeness (QED) is 0.0635. The lowest BCUT2D eigenvalue weighted by Gasteiger charge is -2.58. The lowest BCUT2D eigenvalue weighted by molar-refractivity contribution is -0.151. The molecule has 6 rings (SSSR count). The third kappa shape index (κ3) is 11.9. The summed E-state index contributed by atoms with van der Waals surface area (Å²) < 4.78 is 17.5. The molecule has 60 heavy (non-hydrogen) atoms. The zero-order valence-electron chi connectivity index (χ0n) is 38.7. The smallest absolute Gasteiger partial charge is 0.338 e. The second-order valence-corrected chi connectivity index (χ2v) is 20.7. The van der Waals surface area contributed by atoms with E-state index in [4.69, 9.17) is 14.2 Å². The molecule has 0 aliphatic heterocycles. The lowest BCUT2D eigenvalue weighted by atomic mass is 9.47. The van der Waals surface area contributed by atoms with E-state index in [1.54, 1.807) is 5.57 Å². The van der Waals surface area contributed by atoms with Gasteiger partial charge in [0.05, 0.1) is 18.8 Å². The number of benzene rings is 2. The van der Waals surface area contributed by atoms with Crippen molar-refractivity contribution in [2.24, 2.45) is 46.3 Å². The Morgan fingerprint density at radius 1 is 0.717 bits per heavy atom. The maximum absolute atomic E-state index is 12.9. The number of ether oxygens (including phenoxy) is 3. The van der Waals surface area contributed by atoms with Crippen molar-refractivity contribution in [2.75, 3.05) is 13.2 Å². The molecule has 0 N–H and O–H groups in total. The van der Waals surface area contributed by atoms with Crippen LogP contribution in [0, 0.1) is 46.3 Å². The Hall–Kier alpha value is -3.08. The molecule has 2 aromatic rings. The third-order valence-corrected chi connectivity index (χ3v) is 16.1. The Morgan fingerprint density at radius 3 is 2.10 bits per heavy atom. The SMILES string of the molecule is CCCCOC(=O)c1ccc(-c2ccc(OCCCCCCCCCCC(=O)OC3CC[C@@]4(C)C(=CC[C@H]5[C@@H]6CC[C@H]([C@H](C)CCCC(C)C)[C@@]6(C)CC[C@@H]54)C3)cc2)cc1. The minimum atomic E-state index is -0.260. The Bertz CT molecular complexity index is 1660. The van der Waals surface area contributed by atoms with Gasteiger partial charge in [-0.25, -0.2) is 4.79 Å². The van der Waals surface area contributed by atoms with E-state index in [1.807, 2.05) is 36.4 Å². The fourth-order valence-corrected chi connectivity index (χ4v) is 12.6. The largest absolute Gasteiger partial charge is 0.494 e. The molecule has 0 radical (unpaired) electrons. The van der Waals surface area contributed by atoms with Gasteiger partial charge >= 0.3 is 11.9 Å². The highest BCUT2D eigenvalue weighted by molar-refractivity contribution is 5.90. The van der Waals surface area contributed by atoms with Crippen LogP contribution in [0.5, 0.6) is 5.75 Å². The van der Waals surface area contributed by atoms with Crippen molar-refractivity contribution in [3.05, 3.63) is 65.7 Å². The van der Waals surface area contributed by atoms with Crippen molar-refractivity contribution in [3.63, 3.8) is 0 Å². The summed E-state index contributed by atoms with van der Waals surface area (Å²) in [6.07, 6.45) is 28.7. The summed E-state index contributed by atoms with van der Waals surface area (Å²) in [7, 11) is 0. The summed E-state index contributed by atoms with van der Waals surface area (Å²) in [4.78, 5) is 25.1. The van der Waals surface area contributed by atoms with Crippen LogP contribution in [0.1, 0.15) is 193 Å². The maximum Gasteiger partial charge on any atom is 0.338 e. The first kappa shape index (κ1) is 46.4. The molecule has 4 aliphatic rings. The van der Waals surface area contributed by atoms with Gasteiger partial charge in [0.15, 0.2) is 0 Å². The molecular weight excluding hydrogens is 741 g/mol. The van der Waals surface area contributed by atoms with Gasteiger partial charge in [0.1, 0.15) is 11.9 Å². The molecule has 0 spiro atoms. The van der Waals surface area contributed by atoms with Crippen LogP contribution in [-0.2, 0) is 14.3 Å². The Morgan fingerprint density at radius 2 is 1.40 bits per heavy atom. The van der Waals surface area contributed by atoms with Crippen LogP contribution >= 0.6 is 0 Å². The molecule has 5 nitrogen and oxygen atoms in total. The van der Waals surface area contributed by atoms with Crippen molar-refractivity contribution >= 4 is 11.9 Å². The highest BCUT2D eigenvalue weighted by Gasteiger charge is 2.59. The summed E-state index contributed by atoms with van der Waals surface area (Å²) in [6.45, 7) is 15.9. The third-order valence-electron chi connectivity index (χ3n) is 16.1. The zero-order chi connectivity index (χ0) is 42.5. The monoisotopic (exact) mass is 823 g/mol. The van der Waals surface area contributed by atoms with Crippen molar-refractivity contribution in [3.8, 4) is 16.9 Å². The fraction of sp³-hybridized carbons (Fsp3) is 0.709. The second kappa shape index (κ2) is 22.3. The van der Waals surface area contributed by atoms with Gasteiger partial charge in [0.2, 0.25) is 0 Å². The van der Waals surface area contributed by atoms with Crippen molar-refractivity contribution < 1.29 is 23.8 Å². The molecule has 0 saturated heterocycles. The van der Waals surface area contributed by atoms with Crippen LogP contribution in [0.3, 0.4) is 0 Å². The molecule has 3 saturated carbocycles. The van der Waals surface area contributed by atoms with Crippen molar-refractivity contribution in [1.29, 1.82) is 0 Å². The highest BCUT2D eigenvalue weighted by Crippen LogP contribution is 2.67. The molecule has 0 heterocycles. The van der Waals surface area contributed by atoms with E-state index in [0.717, 1.165) is 104 Å². The van der Waals surface area contributed by atoms with E-state index in [9.17, 15) is 9.59 Å². The molecule has 332 valence electrons. The number of allylic oxidation sites excluding steroid dienone is 1. The minimum Gasteiger partial charge on any atom is -0.494 e. The number of rotatable bonds is 23. The van der Waals surface area contributed by atoms with Crippen LogP contribution < -0.4 is 4.74 Å². The van der Waals surface area contributed by atoms with Crippen LogP contribution in [0.2, 0.25) is 0 Å².